The zero-order valence-electron chi connectivity index (χ0n) is 18.5. The lowest BCUT2D eigenvalue weighted by Crippen LogP contribution is -2.43. The molecule has 0 radical (unpaired) electrons. The highest BCUT2D eigenvalue weighted by Crippen LogP contribution is 2.34. The highest BCUT2D eigenvalue weighted by Gasteiger charge is 2.32. The molecule has 0 saturated carbocycles. The third kappa shape index (κ3) is 6.96. The van der Waals surface area contributed by atoms with Crippen molar-refractivity contribution in [2.24, 2.45) is 5.92 Å². The Kier molecular flexibility index (Phi) is 9.52. The van der Waals surface area contributed by atoms with E-state index in [1.54, 1.807) is 25.3 Å². The zero-order valence-corrected chi connectivity index (χ0v) is 20.2. The average molecular weight is 481 g/mol. The van der Waals surface area contributed by atoms with E-state index >= 15 is 0 Å². The van der Waals surface area contributed by atoms with Gasteiger partial charge in [0.05, 0.1) is 18.6 Å². The van der Waals surface area contributed by atoms with Gasteiger partial charge >= 0.3 is 5.97 Å². The lowest BCUT2D eigenvalue weighted by atomic mass is 10.0. The number of carboxylic acids is 1. The number of carbonyl (C=O) groups is 3. The van der Waals surface area contributed by atoms with E-state index in [1.807, 2.05) is 26.8 Å². The number of rotatable bonds is 11. The molecule has 1 fully saturated rings. The van der Waals surface area contributed by atoms with E-state index in [1.165, 1.54) is 4.90 Å². The Bertz CT molecular complexity index is 916. The molecule has 2 rings (SSSR count). The molecule has 1 saturated heterocycles. The van der Waals surface area contributed by atoms with Crippen molar-refractivity contribution in [3.05, 3.63) is 28.7 Å². The first-order valence-corrected chi connectivity index (χ1v) is 11.5. The van der Waals surface area contributed by atoms with Crippen LogP contribution in [0.1, 0.15) is 39.2 Å². The van der Waals surface area contributed by atoms with Crippen molar-refractivity contribution in [3.63, 3.8) is 0 Å². The van der Waals surface area contributed by atoms with Gasteiger partial charge in [-0.2, -0.15) is 0 Å². The van der Waals surface area contributed by atoms with Gasteiger partial charge in [0.25, 0.3) is 5.91 Å². The van der Waals surface area contributed by atoms with E-state index in [4.69, 9.17) is 21.7 Å². The molecule has 2 amide bonds. The summed E-state index contributed by atoms with van der Waals surface area (Å²) in [5.41, 5.74) is 0.751. The first-order chi connectivity index (χ1) is 15.2. The van der Waals surface area contributed by atoms with E-state index in [0.717, 1.165) is 17.3 Å². The van der Waals surface area contributed by atoms with Crippen molar-refractivity contribution < 1.29 is 29.0 Å². The first kappa shape index (κ1) is 25.7. The number of methoxy groups -OCH3 is 1. The summed E-state index contributed by atoms with van der Waals surface area (Å²) < 4.78 is 11.2. The standard InChI is InChI=1S/C22H28N2O6S2/c1-5-30-16-7-6-14(11-17(16)29-4)12-18-20(26)24(22(31)32-18)9-8-19(25)23-15(21(27)28)10-13(2)3/h6-7,11-13,15H,5,8-10H2,1-4H3,(H,23,25)(H,27,28)/b18-12+. The fourth-order valence-corrected chi connectivity index (χ4v) is 4.37. The molecule has 10 heteroatoms. The van der Waals surface area contributed by atoms with Crippen molar-refractivity contribution >= 4 is 52.2 Å². The number of amides is 2. The second-order valence-electron chi connectivity index (χ2n) is 7.51. The maximum absolute atomic E-state index is 12.8. The Morgan fingerprint density at radius 3 is 2.62 bits per heavy atom. The number of nitrogens with one attached hydrogen (secondary N) is 1. The molecule has 1 aromatic carbocycles. The highest BCUT2D eigenvalue weighted by atomic mass is 32.2. The Hall–Kier alpha value is -2.59. The Labute approximate surface area is 197 Å². The molecule has 174 valence electrons. The van der Waals surface area contributed by atoms with E-state index in [-0.39, 0.29) is 24.8 Å². The Morgan fingerprint density at radius 1 is 1.31 bits per heavy atom. The third-order valence-electron chi connectivity index (χ3n) is 4.56. The molecule has 1 unspecified atom stereocenters. The van der Waals surface area contributed by atoms with Crippen molar-refractivity contribution in [2.45, 2.75) is 39.7 Å². The number of thioether (sulfide) groups is 1. The molecule has 1 aliphatic rings. The number of nitrogens with zero attached hydrogens (tertiary/aromatic N) is 1. The van der Waals surface area contributed by atoms with Gasteiger partial charge in [0.15, 0.2) is 11.5 Å². The number of carboxylic acid groups (broad SMARTS) is 1. The van der Waals surface area contributed by atoms with Crippen LogP contribution in [0.5, 0.6) is 11.5 Å². The summed E-state index contributed by atoms with van der Waals surface area (Å²) in [6.45, 7) is 6.23. The number of hydrogen-bond donors (Lipinski definition) is 2. The van der Waals surface area contributed by atoms with Gasteiger partial charge in [0.1, 0.15) is 10.4 Å². The van der Waals surface area contributed by atoms with E-state index in [0.29, 0.717) is 33.8 Å². The quantitative estimate of drug-likeness (QED) is 0.367. The molecule has 0 aromatic heterocycles. The number of ether oxygens (including phenoxy) is 2. The van der Waals surface area contributed by atoms with Crippen LogP contribution in [0.4, 0.5) is 0 Å². The molecule has 0 spiro atoms. The number of thiocarbonyl (C=S) groups is 1. The van der Waals surface area contributed by atoms with Crippen molar-refractivity contribution in [3.8, 4) is 11.5 Å². The van der Waals surface area contributed by atoms with E-state index < -0.39 is 17.9 Å². The SMILES string of the molecule is CCOc1ccc(/C=C2/SC(=S)N(CCC(=O)NC(CC(C)C)C(=O)O)C2=O)cc1OC. The monoisotopic (exact) mass is 480 g/mol. The van der Waals surface area contributed by atoms with Gasteiger partial charge in [-0.05, 0) is 43.0 Å². The molecule has 32 heavy (non-hydrogen) atoms. The molecule has 1 aromatic rings. The van der Waals surface area contributed by atoms with Gasteiger partial charge in [-0.25, -0.2) is 4.79 Å². The summed E-state index contributed by atoms with van der Waals surface area (Å²) in [6, 6.07) is 4.40. The molecule has 0 aliphatic carbocycles. The molecule has 8 nitrogen and oxygen atoms in total. The van der Waals surface area contributed by atoms with Crippen LogP contribution in [0.2, 0.25) is 0 Å². The average Bonchev–Trinajstić information content (AvgIpc) is 2.99. The predicted molar refractivity (Wildman–Crippen MR) is 128 cm³/mol. The summed E-state index contributed by atoms with van der Waals surface area (Å²) in [6.07, 6.45) is 2.00. The van der Waals surface area contributed by atoms with Crippen LogP contribution >= 0.6 is 24.0 Å². The second kappa shape index (κ2) is 11.9. The second-order valence-corrected chi connectivity index (χ2v) is 9.19. The minimum absolute atomic E-state index is 0.0432. The fraction of sp³-hybridized carbons (Fsp3) is 0.455. The number of hydrogen-bond acceptors (Lipinski definition) is 7. The first-order valence-electron chi connectivity index (χ1n) is 10.2. The summed E-state index contributed by atoms with van der Waals surface area (Å²) in [5, 5.41) is 11.8. The third-order valence-corrected chi connectivity index (χ3v) is 5.94. The van der Waals surface area contributed by atoms with Crippen LogP contribution in [-0.2, 0) is 14.4 Å². The van der Waals surface area contributed by atoms with Crippen LogP contribution in [0, 0.1) is 5.92 Å². The van der Waals surface area contributed by atoms with Gasteiger partial charge < -0.3 is 19.9 Å². The largest absolute Gasteiger partial charge is 0.493 e. The zero-order chi connectivity index (χ0) is 23.8. The predicted octanol–water partition coefficient (Wildman–Crippen LogP) is 3.30. The summed E-state index contributed by atoms with van der Waals surface area (Å²) in [5.74, 6) is -0.518. The molecule has 1 atom stereocenters. The molecular formula is C22H28N2O6S2. The number of aliphatic carboxylic acids is 1. The number of carbonyl (C=O) groups excluding carboxylic acids is 2. The van der Waals surface area contributed by atoms with E-state index in [9.17, 15) is 19.5 Å². The Morgan fingerprint density at radius 2 is 2.03 bits per heavy atom. The smallest absolute Gasteiger partial charge is 0.326 e. The van der Waals surface area contributed by atoms with Gasteiger partial charge in [-0.3, -0.25) is 14.5 Å². The molecular weight excluding hydrogens is 452 g/mol. The summed E-state index contributed by atoms with van der Waals surface area (Å²) >= 11 is 6.46. The van der Waals surface area contributed by atoms with Crippen molar-refractivity contribution in [1.82, 2.24) is 10.2 Å². The maximum atomic E-state index is 12.8. The maximum Gasteiger partial charge on any atom is 0.326 e. The van der Waals surface area contributed by atoms with Crippen LogP contribution < -0.4 is 14.8 Å². The Balaban J connectivity index is 2.03. The summed E-state index contributed by atoms with van der Waals surface area (Å²) in [7, 11) is 1.54. The molecule has 1 heterocycles. The summed E-state index contributed by atoms with van der Waals surface area (Å²) in [4.78, 5) is 38.2. The lowest BCUT2D eigenvalue weighted by molar-refractivity contribution is -0.142. The van der Waals surface area contributed by atoms with Crippen LogP contribution in [0.3, 0.4) is 0 Å². The van der Waals surface area contributed by atoms with Crippen LogP contribution in [-0.4, -0.2) is 58.4 Å². The minimum Gasteiger partial charge on any atom is -0.493 e. The lowest BCUT2D eigenvalue weighted by Gasteiger charge is -2.18. The normalized spacial score (nSPS) is 15.9. The fourth-order valence-electron chi connectivity index (χ4n) is 3.07. The topological polar surface area (TPSA) is 105 Å². The van der Waals surface area contributed by atoms with Crippen molar-refractivity contribution in [2.75, 3.05) is 20.3 Å². The van der Waals surface area contributed by atoms with Crippen LogP contribution in [0.15, 0.2) is 23.1 Å². The van der Waals surface area contributed by atoms with Gasteiger partial charge in [0, 0.05) is 13.0 Å². The van der Waals surface area contributed by atoms with Gasteiger partial charge in [0.2, 0.25) is 5.91 Å². The van der Waals surface area contributed by atoms with Gasteiger partial charge in [-0.1, -0.05) is 43.9 Å². The molecule has 1 aliphatic heterocycles. The van der Waals surface area contributed by atoms with Crippen LogP contribution in [0.25, 0.3) is 6.08 Å². The van der Waals surface area contributed by atoms with E-state index in [2.05, 4.69) is 5.32 Å². The highest BCUT2D eigenvalue weighted by molar-refractivity contribution is 8.26. The van der Waals surface area contributed by atoms with Gasteiger partial charge in [-0.15, -0.1) is 0 Å². The molecule has 2 N–H and O–H groups in total. The minimum atomic E-state index is -1.08. The number of benzene rings is 1. The van der Waals surface area contributed by atoms with Crippen molar-refractivity contribution in [1.29, 1.82) is 0 Å². The molecule has 0 bridgehead atoms.